The van der Waals surface area contributed by atoms with Gasteiger partial charge in [0, 0.05) is 10.5 Å². The highest BCUT2D eigenvalue weighted by molar-refractivity contribution is 9.10. The number of carbonyl (C=O) groups is 2. The summed E-state index contributed by atoms with van der Waals surface area (Å²) >= 11 is 3.32. The van der Waals surface area contributed by atoms with Crippen molar-refractivity contribution >= 4 is 49.1 Å². The molecule has 1 aliphatic heterocycles. The molecule has 1 fully saturated rings. The molecule has 10 heteroatoms. The van der Waals surface area contributed by atoms with Gasteiger partial charge in [0.15, 0.2) is 0 Å². The van der Waals surface area contributed by atoms with Crippen LogP contribution in [0.4, 0.5) is 11.4 Å². The number of fused-ring (bicyclic) bond motifs is 1. The Morgan fingerprint density at radius 1 is 1.15 bits per heavy atom. The molecule has 0 bridgehead atoms. The van der Waals surface area contributed by atoms with E-state index in [0.29, 0.717) is 15.8 Å². The quantitative estimate of drug-likeness (QED) is 0.525. The summed E-state index contributed by atoms with van der Waals surface area (Å²) in [5, 5.41) is 5.78. The second-order valence-corrected chi connectivity index (χ2v) is 11.3. The number of sulfonamides is 1. The standard InChI is InChI=1S/C24H28BrN3O5S/c1-33-21-13-12-16(25)14-22(21)34(31,32)28-19-11-7-6-10-18(19)27-24(30)20(28)15-23(29)26-17-8-4-2-3-5-9-17/h6-7,10-14,17,20H,2-5,8-9,15H2,1H3,(H,26,29)(H,27,30). The number of para-hydroxylation sites is 2. The predicted octanol–water partition coefficient (Wildman–Crippen LogP) is 4.20. The molecule has 0 spiro atoms. The van der Waals surface area contributed by atoms with Crippen LogP contribution < -0.4 is 19.7 Å². The highest BCUT2D eigenvalue weighted by atomic mass is 79.9. The van der Waals surface area contributed by atoms with Gasteiger partial charge in [0.2, 0.25) is 11.8 Å². The number of amides is 2. The molecule has 1 unspecified atom stereocenters. The van der Waals surface area contributed by atoms with E-state index in [-0.39, 0.29) is 29.0 Å². The topological polar surface area (TPSA) is 105 Å². The number of nitrogens with zero attached hydrogens (tertiary/aromatic N) is 1. The molecule has 0 saturated heterocycles. The van der Waals surface area contributed by atoms with Gasteiger partial charge in [-0.3, -0.25) is 13.9 Å². The van der Waals surface area contributed by atoms with Crippen LogP contribution >= 0.6 is 15.9 Å². The first-order valence-electron chi connectivity index (χ1n) is 11.4. The summed E-state index contributed by atoms with van der Waals surface area (Å²) in [6.45, 7) is 0. The van der Waals surface area contributed by atoms with Gasteiger partial charge < -0.3 is 15.4 Å². The Morgan fingerprint density at radius 3 is 2.56 bits per heavy atom. The highest BCUT2D eigenvalue weighted by Gasteiger charge is 2.43. The largest absolute Gasteiger partial charge is 0.495 e. The number of benzene rings is 2. The van der Waals surface area contributed by atoms with E-state index in [9.17, 15) is 18.0 Å². The van der Waals surface area contributed by atoms with E-state index < -0.39 is 22.0 Å². The Hall–Kier alpha value is -2.59. The third-order valence-corrected chi connectivity index (χ3v) is 8.58. The number of hydrogen-bond acceptors (Lipinski definition) is 5. The van der Waals surface area contributed by atoms with Crippen LogP contribution in [0.15, 0.2) is 51.8 Å². The minimum Gasteiger partial charge on any atom is -0.495 e. The van der Waals surface area contributed by atoms with Gasteiger partial charge in [0.05, 0.1) is 24.9 Å². The lowest BCUT2D eigenvalue weighted by Crippen LogP contribution is -2.53. The number of halogens is 1. The third kappa shape index (κ3) is 5.07. The fourth-order valence-electron chi connectivity index (χ4n) is 4.58. The molecule has 1 atom stereocenters. The average molecular weight is 550 g/mol. The fraction of sp³-hybridized carbons (Fsp3) is 0.417. The first-order valence-corrected chi connectivity index (χ1v) is 13.6. The summed E-state index contributed by atoms with van der Waals surface area (Å²) in [7, 11) is -2.88. The van der Waals surface area contributed by atoms with Crippen molar-refractivity contribution in [3.8, 4) is 5.75 Å². The van der Waals surface area contributed by atoms with E-state index >= 15 is 0 Å². The summed E-state index contributed by atoms with van der Waals surface area (Å²) in [6, 6.07) is 10.1. The minimum atomic E-state index is -4.27. The molecular weight excluding hydrogens is 522 g/mol. The molecule has 1 aliphatic carbocycles. The summed E-state index contributed by atoms with van der Waals surface area (Å²) < 4.78 is 34.9. The van der Waals surface area contributed by atoms with Crippen molar-refractivity contribution in [1.82, 2.24) is 5.32 Å². The molecule has 2 aromatic rings. The normalized spacial score (nSPS) is 19.1. The molecule has 2 amide bonds. The van der Waals surface area contributed by atoms with E-state index in [4.69, 9.17) is 4.74 Å². The monoisotopic (exact) mass is 549 g/mol. The van der Waals surface area contributed by atoms with Crippen LogP contribution in [0.3, 0.4) is 0 Å². The van der Waals surface area contributed by atoms with Gasteiger partial charge in [-0.2, -0.15) is 0 Å². The van der Waals surface area contributed by atoms with Gasteiger partial charge in [-0.1, -0.05) is 53.7 Å². The molecule has 8 nitrogen and oxygen atoms in total. The Kier molecular flexibility index (Phi) is 7.47. The van der Waals surface area contributed by atoms with Crippen LogP contribution in [0.25, 0.3) is 0 Å². The fourth-order valence-corrected chi connectivity index (χ4v) is 6.91. The van der Waals surface area contributed by atoms with Gasteiger partial charge >= 0.3 is 0 Å². The number of rotatable bonds is 6. The van der Waals surface area contributed by atoms with Crippen LogP contribution in [-0.2, 0) is 19.6 Å². The Labute approximate surface area is 208 Å². The molecule has 2 aromatic carbocycles. The number of ether oxygens (including phenoxy) is 1. The van der Waals surface area contributed by atoms with Gasteiger partial charge in [-0.15, -0.1) is 0 Å². The molecule has 2 N–H and O–H groups in total. The predicted molar refractivity (Wildman–Crippen MR) is 133 cm³/mol. The average Bonchev–Trinajstić information content (AvgIpc) is 3.08. The van der Waals surface area contributed by atoms with E-state index in [1.54, 1.807) is 36.4 Å². The summed E-state index contributed by atoms with van der Waals surface area (Å²) in [5.74, 6) is -0.742. The zero-order valence-electron chi connectivity index (χ0n) is 18.9. The molecule has 0 radical (unpaired) electrons. The van der Waals surface area contributed by atoms with Gasteiger partial charge in [0.25, 0.3) is 10.0 Å². The third-order valence-electron chi connectivity index (χ3n) is 6.25. The Balaban J connectivity index is 1.71. The molecular formula is C24H28BrN3O5S. The van der Waals surface area contributed by atoms with Gasteiger partial charge in [0.1, 0.15) is 16.7 Å². The molecule has 182 valence electrons. The molecule has 1 saturated carbocycles. The van der Waals surface area contributed by atoms with Gasteiger partial charge in [-0.05, 0) is 43.2 Å². The Bertz CT molecular complexity index is 1180. The molecule has 2 aliphatic rings. The second kappa shape index (κ2) is 10.4. The maximum atomic E-state index is 14.0. The van der Waals surface area contributed by atoms with Crippen molar-refractivity contribution in [3.05, 3.63) is 46.9 Å². The number of hydrogen-bond donors (Lipinski definition) is 2. The van der Waals surface area contributed by atoms with Crippen LogP contribution in [0.1, 0.15) is 44.9 Å². The molecule has 0 aromatic heterocycles. The number of methoxy groups -OCH3 is 1. The zero-order valence-corrected chi connectivity index (χ0v) is 21.3. The summed E-state index contributed by atoms with van der Waals surface area (Å²) in [5.41, 5.74) is 0.668. The van der Waals surface area contributed by atoms with Crippen LogP contribution in [0, 0.1) is 0 Å². The number of nitrogens with one attached hydrogen (secondary N) is 2. The van der Waals surface area contributed by atoms with Gasteiger partial charge in [-0.25, -0.2) is 8.42 Å². The first-order chi connectivity index (χ1) is 16.3. The van der Waals surface area contributed by atoms with Crippen molar-refractivity contribution in [2.45, 2.75) is 61.9 Å². The molecule has 4 rings (SSSR count). The lowest BCUT2D eigenvalue weighted by Gasteiger charge is -2.37. The minimum absolute atomic E-state index is 0.0455. The lowest BCUT2D eigenvalue weighted by molar-refractivity contribution is -0.125. The smallest absolute Gasteiger partial charge is 0.268 e. The Morgan fingerprint density at radius 2 is 1.85 bits per heavy atom. The van der Waals surface area contributed by atoms with E-state index in [0.717, 1.165) is 42.8 Å². The number of carbonyl (C=O) groups excluding carboxylic acids is 2. The first kappa shape index (κ1) is 24.5. The SMILES string of the molecule is COc1ccc(Br)cc1S(=O)(=O)N1c2ccccc2NC(=O)C1CC(=O)NC1CCCCCC1. The van der Waals surface area contributed by atoms with Crippen molar-refractivity contribution < 1.29 is 22.7 Å². The molecule has 1 heterocycles. The zero-order chi connectivity index (χ0) is 24.3. The van der Waals surface area contributed by atoms with Crippen molar-refractivity contribution in [2.75, 3.05) is 16.7 Å². The van der Waals surface area contributed by atoms with Crippen molar-refractivity contribution in [1.29, 1.82) is 0 Å². The summed E-state index contributed by atoms with van der Waals surface area (Å²) in [6.07, 6.45) is 5.89. The maximum absolute atomic E-state index is 14.0. The van der Waals surface area contributed by atoms with E-state index in [1.807, 2.05) is 0 Å². The van der Waals surface area contributed by atoms with Crippen molar-refractivity contribution in [3.63, 3.8) is 0 Å². The van der Waals surface area contributed by atoms with Crippen molar-refractivity contribution in [2.24, 2.45) is 0 Å². The van der Waals surface area contributed by atoms with E-state index in [2.05, 4.69) is 26.6 Å². The maximum Gasteiger partial charge on any atom is 0.268 e. The highest BCUT2D eigenvalue weighted by Crippen LogP contribution is 2.39. The van der Waals surface area contributed by atoms with Crippen LogP contribution in [0.5, 0.6) is 5.75 Å². The number of anilines is 2. The van der Waals surface area contributed by atoms with E-state index in [1.165, 1.54) is 13.2 Å². The lowest BCUT2D eigenvalue weighted by atomic mass is 10.1. The summed E-state index contributed by atoms with van der Waals surface area (Å²) in [4.78, 5) is 26.0. The van der Waals surface area contributed by atoms with Crippen LogP contribution in [-0.4, -0.2) is 39.4 Å². The molecule has 34 heavy (non-hydrogen) atoms. The van der Waals surface area contributed by atoms with Crippen LogP contribution in [0.2, 0.25) is 0 Å². The second-order valence-electron chi connectivity index (χ2n) is 8.58.